The second kappa shape index (κ2) is 5.89. The first kappa shape index (κ1) is 10.1. The Labute approximate surface area is 67.4 Å². The molecule has 11 heavy (non-hydrogen) atoms. The lowest BCUT2D eigenvalue weighted by Gasteiger charge is -1.96. The van der Waals surface area contributed by atoms with Crippen LogP contribution in [0.15, 0.2) is 5.16 Å². The van der Waals surface area contributed by atoms with Gasteiger partial charge in [-0.1, -0.05) is 19.0 Å². The molecule has 0 unspecified atom stereocenters. The molecule has 0 aliphatic carbocycles. The zero-order valence-corrected chi connectivity index (χ0v) is 7.33. The number of carbonyl (C=O) groups excluding carboxylic acids is 1. The minimum Gasteiger partial charge on any atom is -0.388 e. The van der Waals surface area contributed by atoms with Crippen LogP contribution in [0.1, 0.15) is 27.2 Å². The molecule has 0 aromatic carbocycles. The van der Waals surface area contributed by atoms with E-state index in [0.717, 1.165) is 6.42 Å². The van der Waals surface area contributed by atoms with E-state index in [1.165, 1.54) is 6.92 Å². The summed E-state index contributed by atoms with van der Waals surface area (Å²) in [5, 5.41) is 3.61. The van der Waals surface area contributed by atoms with Gasteiger partial charge in [-0.15, -0.1) is 0 Å². The van der Waals surface area contributed by atoms with Gasteiger partial charge < -0.3 is 4.84 Å². The monoisotopic (exact) mass is 157 g/mol. The van der Waals surface area contributed by atoms with Crippen LogP contribution in [0.5, 0.6) is 0 Å². The van der Waals surface area contributed by atoms with Crippen LogP contribution in [-0.4, -0.2) is 18.6 Å². The van der Waals surface area contributed by atoms with Crippen molar-refractivity contribution in [2.75, 3.05) is 6.61 Å². The van der Waals surface area contributed by atoms with E-state index in [9.17, 15) is 4.79 Å². The third-order valence-corrected chi connectivity index (χ3v) is 0.994. The molecule has 64 valence electrons. The van der Waals surface area contributed by atoms with E-state index in [4.69, 9.17) is 0 Å². The predicted octanol–water partition coefficient (Wildman–Crippen LogP) is 1.62. The van der Waals surface area contributed by atoms with Crippen LogP contribution in [0.25, 0.3) is 0 Å². The van der Waals surface area contributed by atoms with Gasteiger partial charge in [-0.3, -0.25) is 4.79 Å². The second-order valence-electron chi connectivity index (χ2n) is 2.89. The van der Waals surface area contributed by atoms with Crippen molar-refractivity contribution < 1.29 is 9.63 Å². The average Bonchev–Trinajstić information content (AvgIpc) is 1.85. The van der Waals surface area contributed by atoms with E-state index >= 15 is 0 Å². The fraction of sp³-hybridized carbons (Fsp3) is 0.750. The lowest BCUT2D eigenvalue weighted by atomic mass is 10.2. The summed E-state index contributed by atoms with van der Waals surface area (Å²) in [5.74, 6) is 0.575. The molecule has 0 saturated heterocycles. The third kappa shape index (κ3) is 9.14. The molecule has 0 aromatic heterocycles. The highest BCUT2D eigenvalue weighted by Gasteiger charge is 1.90. The summed E-state index contributed by atoms with van der Waals surface area (Å²) < 4.78 is 0. The summed E-state index contributed by atoms with van der Waals surface area (Å²) in [4.78, 5) is 15.0. The highest BCUT2D eigenvalue weighted by molar-refractivity contribution is 5.76. The molecule has 0 aromatic rings. The first-order chi connectivity index (χ1) is 5.13. The van der Waals surface area contributed by atoms with Gasteiger partial charge in [0.1, 0.15) is 0 Å². The van der Waals surface area contributed by atoms with Gasteiger partial charge in [0.25, 0.3) is 0 Å². The normalized spacial score (nSPS) is 10.9. The number of carbonyl (C=O) groups is 1. The van der Waals surface area contributed by atoms with Crippen molar-refractivity contribution in [1.82, 2.24) is 0 Å². The summed E-state index contributed by atoms with van der Waals surface area (Å²) in [7, 11) is 0. The number of nitrogens with zero attached hydrogens (tertiary/aromatic N) is 1. The molecule has 0 aliphatic rings. The van der Waals surface area contributed by atoms with E-state index in [2.05, 4.69) is 23.8 Å². The van der Waals surface area contributed by atoms with Crippen LogP contribution in [0.4, 0.5) is 0 Å². The van der Waals surface area contributed by atoms with Crippen molar-refractivity contribution in [3.63, 3.8) is 0 Å². The van der Waals surface area contributed by atoms with Crippen molar-refractivity contribution in [2.45, 2.75) is 27.2 Å². The van der Waals surface area contributed by atoms with E-state index in [1.807, 2.05) is 0 Å². The quantitative estimate of drug-likeness (QED) is 0.449. The Balaban J connectivity index is 3.23. The SMILES string of the molecule is CC(=O)CO/N=C\CC(C)C. The van der Waals surface area contributed by atoms with Gasteiger partial charge in [-0.25, -0.2) is 0 Å². The molecule has 0 atom stereocenters. The maximum atomic E-state index is 10.3. The van der Waals surface area contributed by atoms with Crippen LogP contribution in [-0.2, 0) is 9.63 Å². The Morgan fingerprint density at radius 1 is 1.64 bits per heavy atom. The first-order valence-electron chi connectivity index (χ1n) is 3.76. The van der Waals surface area contributed by atoms with Gasteiger partial charge in [0.05, 0.1) is 0 Å². The number of ketones is 1. The van der Waals surface area contributed by atoms with Crippen molar-refractivity contribution >= 4 is 12.0 Å². The van der Waals surface area contributed by atoms with Crippen LogP contribution in [0.2, 0.25) is 0 Å². The minimum atomic E-state index is -0.00769. The van der Waals surface area contributed by atoms with Gasteiger partial charge in [0, 0.05) is 6.21 Å². The number of rotatable bonds is 5. The van der Waals surface area contributed by atoms with E-state index in [1.54, 1.807) is 6.21 Å². The van der Waals surface area contributed by atoms with Crippen molar-refractivity contribution in [3.8, 4) is 0 Å². The predicted molar refractivity (Wildman–Crippen MR) is 44.6 cm³/mol. The summed E-state index contributed by atoms with van der Waals surface area (Å²) in [5.41, 5.74) is 0. The number of Topliss-reactive ketones (excluding diaryl/α,β-unsaturated/α-hetero) is 1. The average molecular weight is 157 g/mol. The van der Waals surface area contributed by atoms with Crippen molar-refractivity contribution in [1.29, 1.82) is 0 Å². The molecule has 0 aliphatic heterocycles. The van der Waals surface area contributed by atoms with E-state index < -0.39 is 0 Å². The van der Waals surface area contributed by atoms with Gasteiger partial charge >= 0.3 is 0 Å². The maximum Gasteiger partial charge on any atom is 0.174 e. The molecule has 0 radical (unpaired) electrons. The number of oxime groups is 1. The zero-order chi connectivity index (χ0) is 8.69. The fourth-order valence-corrected chi connectivity index (χ4v) is 0.435. The third-order valence-electron chi connectivity index (χ3n) is 0.994. The van der Waals surface area contributed by atoms with Gasteiger partial charge in [0.15, 0.2) is 12.4 Å². The molecule has 3 nitrogen and oxygen atoms in total. The molecule has 0 spiro atoms. The molecule has 0 fully saturated rings. The number of hydrogen-bond donors (Lipinski definition) is 0. The van der Waals surface area contributed by atoms with Crippen LogP contribution in [0.3, 0.4) is 0 Å². The summed E-state index contributed by atoms with van der Waals surface area (Å²) >= 11 is 0. The van der Waals surface area contributed by atoms with E-state index in [0.29, 0.717) is 5.92 Å². The molecule has 0 rings (SSSR count). The zero-order valence-electron chi connectivity index (χ0n) is 7.33. The van der Waals surface area contributed by atoms with Crippen LogP contribution >= 0.6 is 0 Å². The largest absolute Gasteiger partial charge is 0.388 e. The Kier molecular flexibility index (Phi) is 5.43. The summed E-state index contributed by atoms with van der Waals surface area (Å²) in [6.45, 7) is 5.74. The highest BCUT2D eigenvalue weighted by Crippen LogP contribution is 1.94. The highest BCUT2D eigenvalue weighted by atomic mass is 16.6. The molecule has 0 amide bonds. The molecule has 0 saturated carbocycles. The lowest BCUT2D eigenvalue weighted by molar-refractivity contribution is -0.121. The standard InChI is InChI=1S/C8H15NO2/c1-7(2)4-5-9-11-6-8(3)10/h5,7H,4,6H2,1-3H3/b9-5-. The molecular weight excluding hydrogens is 142 g/mol. The smallest absolute Gasteiger partial charge is 0.174 e. The van der Waals surface area contributed by atoms with Gasteiger partial charge in [-0.05, 0) is 19.3 Å². The van der Waals surface area contributed by atoms with Crippen LogP contribution < -0.4 is 0 Å². The molecule has 0 heterocycles. The van der Waals surface area contributed by atoms with Gasteiger partial charge in [0.2, 0.25) is 0 Å². The maximum absolute atomic E-state index is 10.3. The Morgan fingerprint density at radius 3 is 2.73 bits per heavy atom. The van der Waals surface area contributed by atoms with E-state index in [-0.39, 0.29) is 12.4 Å². The first-order valence-corrected chi connectivity index (χ1v) is 3.76. The second-order valence-corrected chi connectivity index (χ2v) is 2.89. The molecule has 0 bridgehead atoms. The Hall–Kier alpha value is -0.860. The van der Waals surface area contributed by atoms with Gasteiger partial charge in [-0.2, -0.15) is 0 Å². The number of hydrogen-bond acceptors (Lipinski definition) is 3. The van der Waals surface area contributed by atoms with Crippen LogP contribution in [0, 0.1) is 5.92 Å². The topological polar surface area (TPSA) is 38.7 Å². The van der Waals surface area contributed by atoms with Crippen molar-refractivity contribution in [3.05, 3.63) is 0 Å². The fourth-order valence-electron chi connectivity index (χ4n) is 0.435. The lowest BCUT2D eigenvalue weighted by Crippen LogP contribution is -1.99. The molecule has 3 heteroatoms. The Bertz CT molecular complexity index is 141. The molecular formula is C8H15NO2. The molecule has 0 N–H and O–H groups in total. The Morgan fingerprint density at radius 2 is 2.27 bits per heavy atom. The minimum absolute atomic E-state index is 0.00769. The summed E-state index contributed by atoms with van der Waals surface area (Å²) in [6, 6.07) is 0. The van der Waals surface area contributed by atoms with Crippen molar-refractivity contribution in [2.24, 2.45) is 11.1 Å². The summed E-state index contributed by atoms with van der Waals surface area (Å²) in [6.07, 6.45) is 2.57.